The first kappa shape index (κ1) is 35.4. The topological polar surface area (TPSA) is 54.0 Å². The van der Waals surface area contributed by atoms with Gasteiger partial charge in [-0.15, -0.1) is 11.8 Å². The van der Waals surface area contributed by atoms with Crippen LogP contribution in [0.3, 0.4) is 0 Å². The number of allylic oxidation sites excluding steroid dienone is 1. The summed E-state index contributed by atoms with van der Waals surface area (Å²) in [5.74, 6) is 13.1. The summed E-state index contributed by atoms with van der Waals surface area (Å²) in [7, 11) is 1.16. The Labute approximate surface area is 258 Å². The minimum Gasteiger partial charge on any atom is -0.450 e. The van der Waals surface area contributed by atoms with E-state index in [9.17, 15) is 4.79 Å². The molecule has 0 saturated heterocycles. The zero-order chi connectivity index (χ0) is 30.8. The highest BCUT2D eigenvalue weighted by molar-refractivity contribution is 7.99. The van der Waals surface area contributed by atoms with E-state index in [1.54, 1.807) is 24.9 Å². The minimum atomic E-state index is -2.02. The quantitative estimate of drug-likeness (QED) is 0.0715. The molecule has 0 aliphatic carbocycles. The minimum absolute atomic E-state index is 0.0684. The molecule has 42 heavy (non-hydrogen) atoms. The van der Waals surface area contributed by atoms with Gasteiger partial charge in [0.05, 0.1) is 17.9 Å². The fraction of sp³-hybridized carbons (Fsp3) is 0.457. The number of carbonyl (C=O) groups is 1. The molecular formula is C35H46O5SSi. The van der Waals surface area contributed by atoms with E-state index in [1.807, 2.05) is 42.5 Å². The highest BCUT2D eigenvalue weighted by Crippen LogP contribution is 2.38. The van der Waals surface area contributed by atoms with E-state index in [2.05, 4.69) is 69.7 Å². The van der Waals surface area contributed by atoms with Gasteiger partial charge in [0.1, 0.15) is 6.61 Å². The number of benzene rings is 2. The van der Waals surface area contributed by atoms with Crippen LogP contribution in [0.1, 0.15) is 57.3 Å². The lowest BCUT2D eigenvalue weighted by atomic mass is 9.96. The smallest absolute Gasteiger partial charge is 0.333 e. The lowest BCUT2D eigenvalue weighted by Crippen LogP contribution is -2.40. The average Bonchev–Trinajstić information content (AvgIpc) is 2.96. The van der Waals surface area contributed by atoms with Crippen LogP contribution in [0.5, 0.6) is 0 Å². The van der Waals surface area contributed by atoms with Crippen molar-refractivity contribution in [3.63, 3.8) is 0 Å². The molecule has 0 aliphatic heterocycles. The van der Waals surface area contributed by atoms with Crippen molar-refractivity contribution in [2.45, 2.75) is 75.8 Å². The number of carbonyl (C=O) groups excluding carboxylic acids is 1. The van der Waals surface area contributed by atoms with Crippen LogP contribution in [-0.4, -0.2) is 47.5 Å². The second kappa shape index (κ2) is 18.7. The summed E-state index contributed by atoms with van der Waals surface area (Å²) in [6.45, 7) is 12.1. The zero-order valence-corrected chi connectivity index (χ0v) is 28.1. The van der Waals surface area contributed by atoms with Gasteiger partial charge in [0, 0.05) is 43.8 Å². The Balaban J connectivity index is 2.45. The molecule has 0 bridgehead atoms. The van der Waals surface area contributed by atoms with Crippen LogP contribution in [0.25, 0.3) is 0 Å². The summed E-state index contributed by atoms with van der Waals surface area (Å²) in [6, 6.07) is 18.1. The van der Waals surface area contributed by atoms with Crippen LogP contribution in [0.15, 0.2) is 71.1 Å². The number of rotatable bonds is 14. The summed E-state index contributed by atoms with van der Waals surface area (Å²) in [6.07, 6.45) is 3.59. The van der Waals surface area contributed by atoms with Crippen molar-refractivity contribution in [1.82, 2.24) is 0 Å². The van der Waals surface area contributed by atoms with E-state index >= 15 is 0 Å². The standard InChI is InChI=1S/C35H46O5SSi/c1-35(2,3)42(6,7)39-27-30-21-14-15-24-32(30)34(40-33(36)28-38-5)29(19-11-8-9-17-25-37-4)20-16-18-26-41-31-22-12-10-13-23-31/h10,12-15,20-24,34H,8-9,17,25-28H2,1-7H3/b29-20+. The van der Waals surface area contributed by atoms with Gasteiger partial charge in [-0.05, 0) is 48.7 Å². The summed E-state index contributed by atoms with van der Waals surface area (Å²) in [4.78, 5) is 13.9. The van der Waals surface area contributed by atoms with Gasteiger partial charge in [0.25, 0.3) is 0 Å². The van der Waals surface area contributed by atoms with Crippen molar-refractivity contribution >= 4 is 26.0 Å². The first-order chi connectivity index (χ1) is 20.1. The highest BCUT2D eigenvalue weighted by Gasteiger charge is 2.37. The molecule has 7 heteroatoms. The summed E-state index contributed by atoms with van der Waals surface area (Å²) in [5, 5.41) is 0.0684. The van der Waals surface area contributed by atoms with Crippen molar-refractivity contribution in [3.05, 3.63) is 77.4 Å². The second-order valence-corrected chi connectivity index (χ2v) is 17.2. The molecule has 2 aromatic rings. The molecule has 0 N–H and O–H groups in total. The van der Waals surface area contributed by atoms with E-state index in [-0.39, 0.29) is 11.6 Å². The Hall–Kier alpha value is -2.78. The Morgan fingerprint density at radius 2 is 1.69 bits per heavy atom. The fourth-order valence-electron chi connectivity index (χ4n) is 3.58. The molecule has 0 heterocycles. The van der Waals surface area contributed by atoms with Gasteiger partial charge in [-0.2, -0.15) is 0 Å². The van der Waals surface area contributed by atoms with Crippen LogP contribution >= 0.6 is 11.8 Å². The number of thioether (sulfide) groups is 1. The van der Waals surface area contributed by atoms with E-state index in [0.717, 1.165) is 28.9 Å². The molecule has 0 amide bonds. The van der Waals surface area contributed by atoms with Gasteiger partial charge in [-0.3, -0.25) is 0 Å². The number of methoxy groups -OCH3 is 2. The average molecular weight is 607 g/mol. The molecule has 0 radical (unpaired) electrons. The lowest BCUT2D eigenvalue weighted by Gasteiger charge is -2.36. The molecule has 0 spiro atoms. The first-order valence-corrected chi connectivity index (χ1v) is 18.2. The Bertz CT molecular complexity index is 1260. The van der Waals surface area contributed by atoms with E-state index in [4.69, 9.17) is 18.6 Å². The third-order valence-corrected chi connectivity index (χ3v) is 12.4. The maximum Gasteiger partial charge on any atom is 0.333 e. The van der Waals surface area contributed by atoms with Gasteiger partial charge in [-0.1, -0.05) is 86.9 Å². The molecule has 0 fully saturated rings. The maximum atomic E-state index is 12.8. The number of hydrogen-bond acceptors (Lipinski definition) is 6. The Morgan fingerprint density at radius 1 is 0.976 bits per heavy atom. The molecule has 2 aromatic carbocycles. The third kappa shape index (κ3) is 12.6. The second-order valence-electron chi connectivity index (χ2n) is 11.3. The predicted molar refractivity (Wildman–Crippen MR) is 176 cm³/mol. The van der Waals surface area contributed by atoms with Gasteiger partial charge >= 0.3 is 5.97 Å². The van der Waals surface area contributed by atoms with Crippen LogP contribution in [-0.2, 0) is 30.0 Å². The molecule has 0 aliphatic rings. The molecule has 0 aromatic heterocycles. The summed E-state index contributed by atoms with van der Waals surface area (Å²) in [5.41, 5.74) is 2.42. The Morgan fingerprint density at radius 3 is 2.38 bits per heavy atom. The number of ether oxygens (including phenoxy) is 3. The third-order valence-electron chi connectivity index (χ3n) is 7.04. The molecular weight excluding hydrogens is 561 g/mol. The van der Waals surface area contributed by atoms with Crippen molar-refractivity contribution in [3.8, 4) is 23.7 Å². The molecule has 226 valence electrons. The molecule has 1 unspecified atom stereocenters. The van der Waals surface area contributed by atoms with Gasteiger partial charge < -0.3 is 18.6 Å². The Kier molecular flexibility index (Phi) is 15.8. The van der Waals surface area contributed by atoms with Crippen molar-refractivity contribution in [2.24, 2.45) is 0 Å². The van der Waals surface area contributed by atoms with E-state index < -0.39 is 20.4 Å². The zero-order valence-electron chi connectivity index (χ0n) is 26.3. The van der Waals surface area contributed by atoms with E-state index in [1.165, 1.54) is 7.11 Å². The molecule has 0 saturated carbocycles. The molecule has 5 nitrogen and oxygen atoms in total. The normalized spacial score (nSPS) is 12.5. The molecule has 2 rings (SSSR count). The summed E-state index contributed by atoms with van der Waals surface area (Å²) >= 11 is 1.67. The van der Waals surface area contributed by atoms with Gasteiger partial charge in [0.15, 0.2) is 14.4 Å². The monoisotopic (exact) mass is 606 g/mol. The van der Waals surface area contributed by atoms with E-state index in [0.29, 0.717) is 31.0 Å². The van der Waals surface area contributed by atoms with Crippen LogP contribution in [0.4, 0.5) is 0 Å². The van der Waals surface area contributed by atoms with Gasteiger partial charge in [-0.25, -0.2) is 4.79 Å². The highest BCUT2D eigenvalue weighted by atomic mass is 32.2. The SMILES string of the molecule is COCCCCC#C/C(=C\C#CCSc1ccccc1)C(OC(=O)COC)c1ccccc1CO[Si](C)(C)C(C)(C)C. The number of unbranched alkanes of at least 4 members (excludes halogenated alkanes) is 2. The van der Waals surface area contributed by atoms with Crippen LogP contribution < -0.4 is 0 Å². The largest absolute Gasteiger partial charge is 0.450 e. The maximum absolute atomic E-state index is 12.8. The molecule has 1 atom stereocenters. The van der Waals surface area contributed by atoms with Crippen molar-refractivity contribution in [2.75, 3.05) is 33.2 Å². The van der Waals surface area contributed by atoms with Gasteiger partial charge in [0.2, 0.25) is 0 Å². The van der Waals surface area contributed by atoms with Crippen molar-refractivity contribution in [1.29, 1.82) is 0 Å². The number of hydrogen-bond donors (Lipinski definition) is 0. The summed E-state index contributed by atoms with van der Waals surface area (Å²) < 4.78 is 22.8. The van der Waals surface area contributed by atoms with Crippen LogP contribution in [0, 0.1) is 23.7 Å². The first-order valence-electron chi connectivity index (χ1n) is 14.3. The van der Waals surface area contributed by atoms with Crippen molar-refractivity contribution < 1.29 is 23.4 Å². The fourth-order valence-corrected chi connectivity index (χ4v) is 5.20. The lowest BCUT2D eigenvalue weighted by molar-refractivity contribution is -0.151. The number of esters is 1. The predicted octanol–water partition coefficient (Wildman–Crippen LogP) is 7.98. The van der Waals surface area contributed by atoms with Crippen LogP contribution in [0.2, 0.25) is 18.1 Å².